The summed E-state index contributed by atoms with van der Waals surface area (Å²) in [7, 11) is 0. The summed E-state index contributed by atoms with van der Waals surface area (Å²) in [5.74, 6) is 1.81. The molecule has 2 saturated carbocycles. The van der Waals surface area contributed by atoms with Gasteiger partial charge < -0.3 is 14.2 Å². The average molecular weight is 347 g/mol. The molecule has 0 atom stereocenters. The van der Waals surface area contributed by atoms with Gasteiger partial charge in [-0.05, 0) is 43.6 Å². The molecule has 0 aromatic carbocycles. The summed E-state index contributed by atoms with van der Waals surface area (Å²) in [5, 5.41) is 1.09. The smallest absolute Gasteiger partial charge is 0.433 e. The molecule has 8 heteroatoms. The van der Waals surface area contributed by atoms with Crippen molar-refractivity contribution in [2.45, 2.75) is 38.0 Å². The van der Waals surface area contributed by atoms with E-state index in [0.717, 1.165) is 23.4 Å². The molecule has 3 fully saturated rings. The monoisotopic (exact) mass is 347 g/mol. The Bertz CT molecular complexity index is 672. The molecule has 3 aliphatic rings. The van der Waals surface area contributed by atoms with Crippen LogP contribution in [-0.2, 0) is 4.74 Å². The van der Waals surface area contributed by atoms with E-state index < -0.39 is 12.2 Å². The molecule has 1 saturated heterocycles. The van der Waals surface area contributed by atoms with Gasteiger partial charge >= 0.3 is 12.2 Å². The summed E-state index contributed by atoms with van der Waals surface area (Å²) in [6.45, 7) is 1.40. The maximum atomic E-state index is 12.0. The molecule has 8 nitrogen and oxygen atoms in total. The van der Waals surface area contributed by atoms with Crippen LogP contribution in [0.5, 0.6) is 11.8 Å². The van der Waals surface area contributed by atoms with E-state index in [4.69, 9.17) is 14.2 Å². The maximum Gasteiger partial charge on any atom is 0.433 e. The lowest BCUT2D eigenvalue weighted by atomic mass is 10.2. The van der Waals surface area contributed by atoms with Crippen LogP contribution >= 0.6 is 0 Å². The second-order valence-electron chi connectivity index (χ2n) is 6.69. The zero-order chi connectivity index (χ0) is 17.2. The Morgan fingerprint density at radius 1 is 1.32 bits per heavy atom. The van der Waals surface area contributed by atoms with Crippen LogP contribution in [0.25, 0.3) is 0 Å². The van der Waals surface area contributed by atoms with E-state index in [1.807, 2.05) is 6.07 Å². The van der Waals surface area contributed by atoms with Crippen molar-refractivity contribution in [2.24, 2.45) is 5.92 Å². The maximum absolute atomic E-state index is 12.0. The Labute approximate surface area is 145 Å². The molecule has 1 N–H and O–H groups in total. The van der Waals surface area contributed by atoms with Gasteiger partial charge in [0.2, 0.25) is 11.8 Å². The van der Waals surface area contributed by atoms with E-state index in [1.165, 1.54) is 12.8 Å². The molecule has 0 spiro atoms. The Morgan fingerprint density at radius 3 is 2.88 bits per heavy atom. The van der Waals surface area contributed by atoms with Crippen LogP contribution in [0.15, 0.2) is 12.1 Å². The van der Waals surface area contributed by atoms with E-state index in [9.17, 15) is 9.59 Å². The lowest BCUT2D eigenvalue weighted by molar-refractivity contribution is 0.0515. The summed E-state index contributed by atoms with van der Waals surface area (Å²) < 4.78 is 15.9. The lowest BCUT2D eigenvalue weighted by Crippen LogP contribution is -2.50. The van der Waals surface area contributed by atoms with Crippen LogP contribution in [0.4, 0.5) is 9.59 Å². The minimum absolute atomic E-state index is 0.151. The third-order valence-electron chi connectivity index (χ3n) is 4.43. The Morgan fingerprint density at radius 2 is 2.16 bits per heavy atom. The first-order valence-corrected chi connectivity index (χ1v) is 8.75. The Kier molecular flexibility index (Phi) is 4.33. The van der Waals surface area contributed by atoms with E-state index >= 15 is 0 Å². The highest BCUT2D eigenvalue weighted by atomic mass is 16.6. The molecule has 2 heterocycles. The molecule has 0 unspecified atom stereocenters. The van der Waals surface area contributed by atoms with Gasteiger partial charge in [-0.25, -0.2) is 20.0 Å². The number of nitrogens with zero attached hydrogens (tertiary/aromatic N) is 2. The first-order chi connectivity index (χ1) is 12.2. The topological polar surface area (TPSA) is 90.0 Å². The standard InChI is InChI=1S/C17H21N3O5/c21-16(19-20-8-1-9-23-17(20)22)25-14-7-6-13(12-4-5-12)15(18-14)24-10-11-2-3-11/h6-7,11-12H,1-5,8-10H2,(H,19,21). The number of pyridine rings is 1. The van der Waals surface area contributed by atoms with Gasteiger partial charge in [0, 0.05) is 24.6 Å². The molecular weight excluding hydrogens is 326 g/mol. The summed E-state index contributed by atoms with van der Waals surface area (Å²) in [6.07, 6.45) is 3.96. The number of hydrogen-bond acceptors (Lipinski definition) is 6. The van der Waals surface area contributed by atoms with E-state index in [1.54, 1.807) is 6.07 Å². The molecule has 1 aromatic heterocycles. The average Bonchev–Trinajstić information content (AvgIpc) is 3.48. The van der Waals surface area contributed by atoms with Crippen molar-refractivity contribution in [3.05, 3.63) is 17.7 Å². The molecule has 4 rings (SSSR count). The van der Waals surface area contributed by atoms with Crippen LogP contribution in [-0.4, -0.2) is 41.9 Å². The minimum atomic E-state index is -0.779. The zero-order valence-corrected chi connectivity index (χ0v) is 13.9. The van der Waals surface area contributed by atoms with Gasteiger partial charge in [0.1, 0.15) is 0 Å². The van der Waals surface area contributed by atoms with Gasteiger partial charge in [0.15, 0.2) is 0 Å². The van der Waals surface area contributed by atoms with Crippen LogP contribution in [0.3, 0.4) is 0 Å². The van der Waals surface area contributed by atoms with E-state index in [-0.39, 0.29) is 5.88 Å². The molecule has 1 aliphatic heterocycles. The highest BCUT2D eigenvalue weighted by Crippen LogP contribution is 2.44. The van der Waals surface area contributed by atoms with Gasteiger partial charge in [0.05, 0.1) is 13.2 Å². The van der Waals surface area contributed by atoms with Crippen molar-refractivity contribution in [3.63, 3.8) is 0 Å². The fourth-order valence-electron chi connectivity index (χ4n) is 2.67. The van der Waals surface area contributed by atoms with Gasteiger partial charge in [-0.1, -0.05) is 0 Å². The molecule has 0 radical (unpaired) electrons. The van der Waals surface area contributed by atoms with Crippen LogP contribution in [0.2, 0.25) is 0 Å². The number of aromatic nitrogens is 1. The Hall–Kier alpha value is -2.51. The summed E-state index contributed by atoms with van der Waals surface area (Å²) in [4.78, 5) is 27.8. The molecular formula is C17H21N3O5. The fraction of sp³-hybridized carbons (Fsp3) is 0.588. The van der Waals surface area contributed by atoms with Crippen molar-refractivity contribution in [1.82, 2.24) is 15.4 Å². The largest absolute Gasteiger partial charge is 0.477 e. The number of amides is 2. The van der Waals surface area contributed by atoms with Crippen molar-refractivity contribution in [2.75, 3.05) is 19.8 Å². The normalized spacial score (nSPS) is 20.0. The third kappa shape index (κ3) is 4.12. The van der Waals surface area contributed by atoms with Gasteiger partial charge in [0.25, 0.3) is 0 Å². The predicted octanol–water partition coefficient (Wildman–Crippen LogP) is 2.59. The Balaban J connectivity index is 1.39. The van der Waals surface area contributed by atoms with Gasteiger partial charge in [-0.2, -0.15) is 4.98 Å². The van der Waals surface area contributed by atoms with Crippen molar-refractivity contribution in [3.8, 4) is 11.8 Å². The quantitative estimate of drug-likeness (QED) is 0.851. The van der Waals surface area contributed by atoms with E-state index in [2.05, 4.69) is 10.4 Å². The number of hydrazine groups is 1. The SMILES string of the molecule is O=C(NN1CCCOC1=O)Oc1ccc(C2CC2)c(OCC2CC2)n1. The number of hydrogen-bond donors (Lipinski definition) is 1. The van der Waals surface area contributed by atoms with E-state index in [0.29, 0.717) is 43.9 Å². The highest BCUT2D eigenvalue weighted by Gasteiger charge is 2.30. The number of ether oxygens (including phenoxy) is 3. The number of carbonyl (C=O) groups is 2. The molecule has 134 valence electrons. The van der Waals surface area contributed by atoms with Crippen molar-refractivity contribution >= 4 is 12.2 Å². The summed E-state index contributed by atoms with van der Waals surface area (Å²) >= 11 is 0. The third-order valence-corrected chi connectivity index (χ3v) is 4.43. The molecule has 1 aromatic rings. The second-order valence-corrected chi connectivity index (χ2v) is 6.69. The second kappa shape index (κ2) is 6.78. The first kappa shape index (κ1) is 16.0. The lowest BCUT2D eigenvalue weighted by Gasteiger charge is -2.25. The van der Waals surface area contributed by atoms with Crippen LogP contribution < -0.4 is 14.9 Å². The van der Waals surface area contributed by atoms with Gasteiger partial charge in [-0.15, -0.1) is 0 Å². The summed E-state index contributed by atoms with van der Waals surface area (Å²) in [5.41, 5.74) is 3.44. The number of carbonyl (C=O) groups excluding carboxylic acids is 2. The summed E-state index contributed by atoms with van der Waals surface area (Å²) in [6, 6.07) is 3.57. The van der Waals surface area contributed by atoms with Crippen LogP contribution in [0.1, 0.15) is 43.6 Å². The molecule has 0 bridgehead atoms. The highest BCUT2D eigenvalue weighted by molar-refractivity contribution is 5.75. The minimum Gasteiger partial charge on any atom is -0.477 e. The molecule has 25 heavy (non-hydrogen) atoms. The number of nitrogens with one attached hydrogen (secondary N) is 1. The van der Waals surface area contributed by atoms with Crippen molar-refractivity contribution in [1.29, 1.82) is 0 Å². The zero-order valence-electron chi connectivity index (χ0n) is 13.9. The van der Waals surface area contributed by atoms with Crippen molar-refractivity contribution < 1.29 is 23.8 Å². The van der Waals surface area contributed by atoms with Crippen LogP contribution in [0, 0.1) is 5.92 Å². The molecule has 2 amide bonds. The molecule has 2 aliphatic carbocycles. The van der Waals surface area contributed by atoms with Gasteiger partial charge in [-0.3, -0.25) is 0 Å². The fourth-order valence-corrected chi connectivity index (χ4v) is 2.67. The number of cyclic esters (lactones) is 1. The number of rotatable bonds is 6. The first-order valence-electron chi connectivity index (χ1n) is 8.75. The predicted molar refractivity (Wildman–Crippen MR) is 86.3 cm³/mol.